The van der Waals surface area contributed by atoms with E-state index in [1.165, 1.54) is 6.07 Å². The Kier molecular flexibility index (Phi) is 8.98. The second-order valence-corrected chi connectivity index (χ2v) is 6.62. The molecule has 0 spiro atoms. The molecule has 2 aromatic carbocycles. The van der Waals surface area contributed by atoms with Crippen LogP contribution in [0.15, 0.2) is 45.3 Å². The molecule has 2 rings (SSSR count). The van der Waals surface area contributed by atoms with E-state index in [9.17, 15) is 13.6 Å². The van der Waals surface area contributed by atoms with Crippen LogP contribution >= 0.6 is 31.9 Å². The Morgan fingerprint density at radius 3 is 1.88 bits per heavy atom. The summed E-state index contributed by atoms with van der Waals surface area (Å²) in [5, 5.41) is 17.3. The summed E-state index contributed by atoms with van der Waals surface area (Å²) in [4.78, 5) is 10.2. The molecule has 0 N–H and O–H groups in total. The Morgan fingerprint density at radius 1 is 0.960 bits per heavy atom. The maximum Gasteiger partial charge on any atom is 0.242 e. The Balaban J connectivity index is 0.000000251. The first-order valence-corrected chi connectivity index (χ1v) is 8.58. The Bertz CT molecular complexity index is 827. The molecule has 0 fully saturated rings. The molecular weight excluding hydrogens is 458 g/mol. The molecule has 0 atom stereocenters. The molecule has 0 unspecified atom stereocenters. The van der Waals surface area contributed by atoms with Crippen molar-refractivity contribution < 1.29 is 13.6 Å². The van der Waals surface area contributed by atoms with Crippen LogP contribution in [-0.4, -0.2) is 12.7 Å². The van der Waals surface area contributed by atoms with Crippen LogP contribution in [0.2, 0.25) is 0 Å². The molecule has 0 aliphatic carbocycles. The number of halogens is 4. The number of carbonyl (C=O) groups excluding carboxylic acids is 1. The molecule has 0 aliphatic heterocycles. The summed E-state index contributed by atoms with van der Waals surface area (Å²) in [6, 6.07) is 13.9. The zero-order valence-electron chi connectivity index (χ0n) is 12.8. The van der Waals surface area contributed by atoms with Gasteiger partial charge < -0.3 is 4.79 Å². The van der Waals surface area contributed by atoms with E-state index >= 15 is 0 Å². The molecule has 3 nitrogen and oxygen atoms in total. The molecule has 0 heterocycles. The van der Waals surface area contributed by atoms with E-state index in [4.69, 9.17) is 10.5 Å². The number of nitriles is 2. The van der Waals surface area contributed by atoms with Gasteiger partial charge in [0.05, 0.1) is 23.3 Å². The highest BCUT2D eigenvalue weighted by molar-refractivity contribution is 9.10. The molecule has 7 heteroatoms. The van der Waals surface area contributed by atoms with Gasteiger partial charge in [0.25, 0.3) is 0 Å². The van der Waals surface area contributed by atoms with E-state index in [0.717, 1.165) is 16.3 Å². The summed E-state index contributed by atoms with van der Waals surface area (Å²) in [5.41, 5.74) is 2.02. The van der Waals surface area contributed by atoms with Gasteiger partial charge in [-0.05, 0) is 47.5 Å². The van der Waals surface area contributed by atoms with Crippen molar-refractivity contribution in [2.75, 3.05) is 0 Å². The predicted molar refractivity (Wildman–Crippen MR) is 97.2 cm³/mol. The van der Waals surface area contributed by atoms with Crippen molar-refractivity contribution in [2.24, 2.45) is 0 Å². The summed E-state index contributed by atoms with van der Waals surface area (Å²) in [5.74, 6) is 0. The lowest BCUT2D eigenvalue weighted by molar-refractivity contribution is -0.107. The fourth-order valence-corrected chi connectivity index (χ4v) is 2.75. The SMILES string of the molecule is N#Cc1ccc(Br)cc1CC(F)F.N#Cc1ccc(Br)cc1CC=O. The molecule has 0 bridgehead atoms. The van der Waals surface area contributed by atoms with Crippen molar-refractivity contribution in [3.8, 4) is 12.1 Å². The lowest BCUT2D eigenvalue weighted by Crippen LogP contribution is -1.99. The first-order valence-electron chi connectivity index (χ1n) is 7.00. The topological polar surface area (TPSA) is 64.7 Å². The van der Waals surface area contributed by atoms with Crippen LogP contribution in [0.5, 0.6) is 0 Å². The summed E-state index contributed by atoms with van der Waals surface area (Å²) in [6.07, 6.45) is -1.70. The maximum atomic E-state index is 12.0. The van der Waals surface area contributed by atoms with Gasteiger partial charge in [0.1, 0.15) is 6.29 Å². The summed E-state index contributed by atoms with van der Waals surface area (Å²) in [7, 11) is 0. The number of alkyl halides is 2. The monoisotopic (exact) mass is 468 g/mol. The van der Waals surface area contributed by atoms with Crippen LogP contribution in [0.25, 0.3) is 0 Å². The minimum atomic E-state index is -2.42. The number of rotatable bonds is 4. The Hall–Kier alpha value is -2.09. The van der Waals surface area contributed by atoms with Crippen molar-refractivity contribution >= 4 is 38.1 Å². The number of hydrogen-bond donors (Lipinski definition) is 0. The van der Waals surface area contributed by atoms with Crippen molar-refractivity contribution in [2.45, 2.75) is 19.3 Å². The fraction of sp³-hybridized carbons (Fsp3) is 0.167. The average Bonchev–Trinajstić information content (AvgIpc) is 2.56. The third-order valence-electron chi connectivity index (χ3n) is 3.05. The minimum absolute atomic E-state index is 0.294. The van der Waals surface area contributed by atoms with Crippen molar-refractivity contribution in [1.29, 1.82) is 10.5 Å². The maximum absolute atomic E-state index is 12.0. The van der Waals surface area contributed by atoms with Gasteiger partial charge in [-0.2, -0.15) is 10.5 Å². The first kappa shape index (κ1) is 21.0. The number of nitrogens with zero attached hydrogens (tertiary/aromatic N) is 2. The van der Waals surface area contributed by atoms with E-state index in [-0.39, 0.29) is 6.42 Å². The molecule has 25 heavy (non-hydrogen) atoms. The lowest BCUT2D eigenvalue weighted by Gasteiger charge is -2.03. The molecule has 0 amide bonds. The van der Waals surface area contributed by atoms with E-state index < -0.39 is 6.43 Å². The average molecular weight is 470 g/mol. The molecule has 0 saturated heterocycles. The number of hydrogen-bond acceptors (Lipinski definition) is 3. The molecule has 0 aromatic heterocycles. The normalized spacial score (nSPS) is 9.56. The quantitative estimate of drug-likeness (QED) is 0.578. The van der Waals surface area contributed by atoms with Gasteiger partial charge >= 0.3 is 0 Å². The van der Waals surface area contributed by atoms with Gasteiger partial charge in [-0.25, -0.2) is 8.78 Å². The van der Waals surface area contributed by atoms with Gasteiger partial charge in [0.2, 0.25) is 6.43 Å². The molecule has 0 radical (unpaired) electrons. The van der Waals surface area contributed by atoms with Gasteiger partial charge in [0, 0.05) is 21.8 Å². The van der Waals surface area contributed by atoms with Gasteiger partial charge in [-0.3, -0.25) is 0 Å². The summed E-state index contributed by atoms with van der Waals surface area (Å²) < 4.78 is 25.7. The highest BCUT2D eigenvalue weighted by Gasteiger charge is 2.09. The molecule has 0 saturated carbocycles. The lowest BCUT2D eigenvalue weighted by atomic mass is 10.1. The summed E-state index contributed by atoms with van der Waals surface area (Å²) in [6.45, 7) is 0. The van der Waals surface area contributed by atoms with E-state index in [1.54, 1.807) is 30.3 Å². The second kappa shape index (κ2) is 10.7. The smallest absolute Gasteiger partial charge is 0.242 e. The molecular formula is C18H12Br2F2N2O. The third kappa shape index (κ3) is 7.13. The highest BCUT2D eigenvalue weighted by Crippen LogP contribution is 2.18. The Labute approximate surface area is 161 Å². The van der Waals surface area contributed by atoms with Crippen LogP contribution in [0, 0.1) is 22.7 Å². The van der Waals surface area contributed by atoms with Gasteiger partial charge in [0.15, 0.2) is 0 Å². The molecule has 0 aliphatic rings. The summed E-state index contributed by atoms with van der Waals surface area (Å²) >= 11 is 6.43. The zero-order valence-corrected chi connectivity index (χ0v) is 16.0. The first-order chi connectivity index (χ1) is 11.9. The second-order valence-electron chi connectivity index (χ2n) is 4.79. The van der Waals surface area contributed by atoms with Gasteiger partial charge in [-0.1, -0.05) is 31.9 Å². The minimum Gasteiger partial charge on any atom is -0.303 e. The number of carbonyl (C=O) groups is 1. The molecule has 128 valence electrons. The number of benzene rings is 2. The number of aldehydes is 1. The van der Waals surface area contributed by atoms with Crippen LogP contribution in [0.4, 0.5) is 8.78 Å². The third-order valence-corrected chi connectivity index (χ3v) is 4.04. The van der Waals surface area contributed by atoms with Crippen LogP contribution in [-0.2, 0) is 17.6 Å². The largest absolute Gasteiger partial charge is 0.303 e. The van der Waals surface area contributed by atoms with Gasteiger partial charge in [-0.15, -0.1) is 0 Å². The van der Waals surface area contributed by atoms with Crippen molar-refractivity contribution in [3.63, 3.8) is 0 Å². The van der Waals surface area contributed by atoms with Crippen molar-refractivity contribution in [3.05, 3.63) is 67.6 Å². The van der Waals surface area contributed by atoms with E-state index in [1.807, 2.05) is 12.1 Å². The standard InChI is InChI=1S/C9H6BrF2N.C9H6BrNO/c10-8-2-1-6(5-13)7(3-8)4-9(11)12;10-9-2-1-8(6-11)7(5-9)3-4-12/h1-3,9H,4H2;1-2,4-5H,3H2. The van der Waals surface area contributed by atoms with Crippen LogP contribution < -0.4 is 0 Å². The van der Waals surface area contributed by atoms with Crippen LogP contribution in [0.1, 0.15) is 22.3 Å². The predicted octanol–water partition coefficient (Wildman–Crippen LogP) is 5.19. The Morgan fingerprint density at radius 2 is 1.44 bits per heavy atom. The van der Waals surface area contributed by atoms with Crippen molar-refractivity contribution in [1.82, 2.24) is 0 Å². The van der Waals surface area contributed by atoms with E-state index in [0.29, 0.717) is 27.6 Å². The highest BCUT2D eigenvalue weighted by atomic mass is 79.9. The fourth-order valence-electron chi connectivity index (χ4n) is 1.94. The van der Waals surface area contributed by atoms with Crippen LogP contribution in [0.3, 0.4) is 0 Å². The van der Waals surface area contributed by atoms with E-state index in [2.05, 4.69) is 31.9 Å². The molecule has 2 aromatic rings. The zero-order chi connectivity index (χ0) is 18.8.